The van der Waals surface area contributed by atoms with Gasteiger partial charge in [0.2, 0.25) is 0 Å². The first kappa shape index (κ1) is 19.6. The van der Waals surface area contributed by atoms with E-state index in [2.05, 4.69) is 0 Å². The van der Waals surface area contributed by atoms with Crippen molar-refractivity contribution in [2.75, 3.05) is 0 Å². The van der Waals surface area contributed by atoms with Gasteiger partial charge in [-0.15, -0.1) is 0 Å². The van der Waals surface area contributed by atoms with Crippen molar-refractivity contribution >= 4 is 26.2 Å². The van der Waals surface area contributed by atoms with Gasteiger partial charge in [0, 0.05) is 11.8 Å². The Morgan fingerprint density at radius 3 is 2.63 bits per heavy atom. The van der Waals surface area contributed by atoms with Crippen molar-refractivity contribution in [1.29, 1.82) is 0 Å². The van der Waals surface area contributed by atoms with Gasteiger partial charge in [-0.25, -0.2) is 0 Å². The molecule has 1 heterocycles. The molecule has 4 fully saturated rings. The van der Waals surface area contributed by atoms with Gasteiger partial charge in [0.15, 0.2) is 0 Å². The number of ether oxygens (including phenoxy) is 1. The SMILES string of the molecule is CCCC1CCC(S(=O)(=O)O)CC1C(=O)OC1C2CC3C1OS(=O)(=O)C3C2. The zero-order chi connectivity index (χ0) is 19.6. The zero-order valence-electron chi connectivity index (χ0n) is 15.2. The van der Waals surface area contributed by atoms with Crippen LogP contribution in [0.3, 0.4) is 0 Å². The number of hydrogen-bond donors (Lipinski definition) is 1. The lowest BCUT2D eigenvalue weighted by Crippen LogP contribution is -2.42. The number of hydrogen-bond acceptors (Lipinski definition) is 7. The molecular weight excluding hydrogens is 396 g/mol. The fourth-order valence-corrected chi connectivity index (χ4v) is 8.50. The summed E-state index contributed by atoms with van der Waals surface area (Å²) in [4.78, 5) is 12.9. The van der Waals surface area contributed by atoms with Crippen LogP contribution in [0.5, 0.6) is 0 Å². The van der Waals surface area contributed by atoms with E-state index >= 15 is 0 Å². The lowest BCUT2D eigenvalue weighted by atomic mass is 9.76. The number of fused-ring (bicyclic) bond motifs is 1. The van der Waals surface area contributed by atoms with Gasteiger partial charge in [0.25, 0.3) is 20.2 Å². The van der Waals surface area contributed by atoms with E-state index in [1.807, 2.05) is 6.92 Å². The van der Waals surface area contributed by atoms with Crippen LogP contribution in [0, 0.1) is 23.7 Å². The average molecular weight is 423 g/mol. The summed E-state index contributed by atoms with van der Waals surface area (Å²) in [5, 5.41) is -1.43. The fraction of sp³-hybridized carbons (Fsp3) is 0.941. The monoisotopic (exact) mass is 422 g/mol. The molecule has 1 saturated heterocycles. The molecule has 0 radical (unpaired) electrons. The molecule has 3 saturated carbocycles. The van der Waals surface area contributed by atoms with Crippen LogP contribution in [-0.2, 0) is 34.0 Å². The van der Waals surface area contributed by atoms with E-state index in [1.54, 1.807) is 0 Å². The third kappa shape index (κ3) is 3.32. The zero-order valence-corrected chi connectivity index (χ0v) is 16.8. The Kier molecular flexibility index (Phi) is 4.84. The van der Waals surface area contributed by atoms with Gasteiger partial charge in [-0.1, -0.05) is 13.3 Å². The lowest BCUT2D eigenvalue weighted by molar-refractivity contribution is -0.164. The predicted octanol–water partition coefficient (Wildman–Crippen LogP) is 1.51. The quantitative estimate of drug-likeness (QED) is 0.402. The van der Waals surface area contributed by atoms with Gasteiger partial charge in [-0.05, 0) is 44.4 Å². The van der Waals surface area contributed by atoms with E-state index in [4.69, 9.17) is 8.92 Å². The molecule has 4 rings (SSSR count). The smallest absolute Gasteiger partial charge is 0.309 e. The molecule has 4 aliphatic rings. The minimum atomic E-state index is -4.20. The molecule has 0 aromatic carbocycles. The summed E-state index contributed by atoms with van der Waals surface area (Å²) in [6.07, 6.45) is 2.54. The lowest BCUT2D eigenvalue weighted by Gasteiger charge is -2.35. The Labute approximate surface area is 159 Å². The maximum Gasteiger partial charge on any atom is 0.309 e. The second-order valence-electron chi connectivity index (χ2n) is 8.49. The van der Waals surface area contributed by atoms with Gasteiger partial charge in [0.05, 0.1) is 16.4 Å². The van der Waals surface area contributed by atoms with Crippen LogP contribution in [0.4, 0.5) is 0 Å². The first-order valence-corrected chi connectivity index (χ1v) is 12.7. The Morgan fingerprint density at radius 1 is 1.22 bits per heavy atom. The Hall–Kier alpha value is -0.710. The van der Waals surface area contributed by atoms with Crippen LogP contribution >= 0.6 is 0 Å². The van der Waals surface area contributed by atoms with Crippen molar-refractivity contribution in [2.45, 2.75) is 74.6 Å². The van der Waals surface area contributed by atoms with Gasteiger partial charge >= 0.3 is 5.97 Å². The Morgan fingerprint density at radius 2 is 1.96 bits per heavy atom. The van der Waals surface area contributed by atoms with Crippen LogP contribution in [0.1, 0.15) is 51.9 Å². The summed E-state index contributed by atoms with van der Waals surface area (Å²) >= 11 is 0. The van der Waals surface area contributed by atoms with E-state index in [-0.39, 0.29) is 24.2 Å². The van der Waals surface area contributed by atoms with Gasteiger partial charge in [-0.2, -0.15) is 16.8 Å². The van der Waals surface area contributed by atoms with Crippen LogP contribution < -0.4 is 0 Å². The van der Waals surface area contributed by atoms with Crippen LogP contribution in [-0.4, -0.2) is 50.1 Å². The molecule has 1 N–H and O–H groups in total. The number of carbonyl (C=O) groups excluding carboxylic acids is 1. The van der Waals surface area contributed by atoms with Crippen molar-refractivity contribution in [3.63, 3.8) is 0 Å². The normalized spacial score (nSPS) is 45.1. The van der Waals surface area contributed by atoms with E-state index in [0.717, 1.165) is 12.8 Å². The molecule has 0 amide bonds. The highest BCUT2D eigenvalue weighted by molar-refractivity contribution is 7.87. The molecule has 0 spiro atoms. The molecule has 0 aromatic heterocycles. The van der Waals surface area contributed by atoms with Crippen LogP contribution in [0.15, 0.2) is 0 Å². The largest absolute Gasteiger partial charge is 0.459 e. The van der Waals surface area contributed by atoms with Crippen molar-refractivity contribution in [3.05, 3.63) is 0 Å². The van der Waals surface area contributed by atoms with Gasteiger partial charge in [-0.3, -0.25) is 13.5 Å². The highest BCUT2D eigenvalue weighted by Gasteiger charge is 2.65. The molecular formula is C17H26O8S2. The predicted molar refractivity (Wildman–Crippen MR) is 94.8 cm³/mol. The molecule has 2 bridgehead atoms. The van der Waals surface area contributed by atoms with Gasteiger partial charge in [0.1, 0.15) is 12.2 Å². The maximum atomic E-state index is 12.9. The topological polar surface area (TPSA) is 124 Å². The molecule has 8 unspecified atom stereocenters. The fourth-order valence-electron chi connectivity index (χ4n) is 5.74. The Balaban J connectivity index is 1.49. The first-order chi connectivity index (χ1) is 12.6. The molecule has 27 heavy (non-hydrogen) atoms. The number of rotatable bonds is 5. The summed E-state index contributed by atoms with van der Waals surface area (Å²) in [5.41, 5.74) is 0. The maximum absolute atomic E-state index is 12.9. The highest BCUT2D eigenvalue weighted by atomic mass is 32.2. The third-order valence-corrected chi connectivity index (χ3v) is 10.0. The van der Waals surface area contributed by atoms with E-state index in [9.17, 15) is 26.2 Å². The second kappa shape index (κ2) is 6.67. The van der Waals surface area contributed by atoms with E-state index in [0.29, 0.717) is 25.7 Å². The second-order valence-corrected chi connectivity index (χ2v) is 12.0. The summed E-state index contributed by atoms with van der Waals surface area (Å²) in [5.74, 6) is -1.19. The Bertz CT molecular complexity index is 820. The summed E-state index contributed by atoms with van der Waals surface area (Å²) < 4.78 is 67.6. The molecule has 10 heteroatoms. The summed E-state index contributed by atoms with van der Waals surface area (Å²) in [6.45, 7) is 2.00. The summed E-state index contributed by atoms with van der Waals surface area (Å²) in [6, 6.07) is 0. The van der Waals surface area contributed by atoms with E-state index < -0.39 is 54.8 Å². The standard InChI is InChI=1S/C17H26O8S2/c1-2-3-9-4-5-11(26(19,20)21)8-12(9)17(18)24-15-10-6-13-14(7-10)27(22,23)25-16(13)15/h9-16H,2-8H2,1H3,(H,19,20,21). The van der Waals surface area contributed by atoms with Crippen molar-refractivity contribution in [1.82, 2.24) is 0 Å². The highest BCUT2D eigenvalue weighted by Crippen LogP contribution is 2.55. The molecule has 0 aromatic rings. The van der Waals surface area contributed by atoms with Crippen molar-refractivity contribution in [2.24, 2.45) is 23.7 Å². The van der Waals surface area contributed by atoms with Crippen LogP contribution in [0.2, 0.25) is 0 Å². The van der Waals surface area contributed by atoms with Crippen molar-refractivity contribution < 1.29 is 35.1 Å². The number of esters is 1. The molecule has 154 valence electrons. The molecule has 1 aliphatic heterocycles. The molecule has 3 aliphatic carbocycles. The number of carbonyl (C=O) groups is 1. The minimum absolute atomic E-state index is 0.0140. The molecule has 8 nitrogen and oxygen atoms in total. The van der Waals surface area contributed by atoms with Gasteiger partial charge < -0.3 is 4.74 Å². The van der Waals surface area contributed by atoms with E-state index in [1.165, 1.54) is 0 Å². The molecule has 8 atom stereocenters. The first-order valence-electron chi connectivity index (χ1n) is 9.70. The third-order valence-electron chi connectivity index (χ3n) is 6.99. The minimum Gasteiger partial charge on any atom is -0.459 e. The van der Waals surface area contributed by atoms with Crippen LogP contribution in [0.25, 0.3) is 0 Å². The summed E-state index contributed by atoms with van der Waals surface area (Å²) in [7, 11) is -7.78. The average Bonchev–Trinajstić information content (AvgIpc) is 3.18. The van der Waals surface area contributed by atoms with Crippen molar-refractivity contribution in [3.8, 4) is 0 Å².